The fourth-order valence-corrected chi connectivity index (χ4v) is 2.86. The van der Waals surface area contributed by atoms with Crippen LogP contribution in [-0.4, -0.2) is 24.2 Å². The summed E-state index contributed by atoms with van der Waals surface area (Å²) in [5.41, 5.74) is 0.651. The largest absolute Gasteiger partial charge is 0.484 e. The zero-order valence-electron chi connectivity index (χ0n) is 16.8. The maximum absolute atomic E-state index is 12.1. The summed E-state index contributed by atoms with van der Waals surface area (Å²) in [6, 6.07) is 17.0. The SMILES string of the molecule is CC(C)(C)c1ccc(OCC(=O)NCC(C)(O)c2cc3ccccc3o2)cc1. The van der Waals surface area contributed by atoms with Gasteiger partial charge in [-0.3, -0.25) is 4.79 Å². The first-order valence-corrected chi connectivity index (χ1v) is 9.37. The highest BCUT2D eigenvalue weighted by atomic mass is 16.5. The van der Waals surface area contributed by atoms with E-state index in [1.165, 1.54) is 5.56 Å². The lowest BCUT2D eigenvalue weighted by Crippen LogP contribution is -2.40. The molecule has 148 valence electrons. The molecule has 0 spiro atoms. The number of furan rings is 1. The van der Waals surface area contributed by atoms with E-state index >= 15 is 0 Å². The van der Waals surface area contributed by atoms with Crippen molar-refractivity contribution in [1.82, 2.24) is 5.32 Å². The molecule has 0 saturated heterocycles. The van der Waals surface area contributed by atoms with Gasteiger partial charge in [0.25, 0.3) is 5.91 Å². The van der Waals surface area contributed by atoms with Crippen molar-refractivity contribution in [3.05, 3.63) is 65.9 Å². The average Bonchev–Trinajstić information content (AvgIpc) is 3.10. The molecule has 3 aromatic rings. The molecule has 0 aliphatic carbocycles. The molecule has 0 fully saturated rings. The molecular formula is C23H27NO4. The van der Waals surface area contributed by atoms with E-state index in [1.54, 1.807) is 13.0 Å². The van der Waals surface area contributed by atoms with E-state index in [9.17, 15) is 9.90 Å². The van der Waals surface area contributed by atoms with Crippen molar-refractivity contribution in [2.45, 2.75) is 38.7 Å². The normalized spacial score (nSPS) is 13.9. The van der Waals surface area contributed by atoms with Gasteiger partial charge in [0.15, 0.2) is 6.61 Å². The van der Waals surface area contributed by atoms with E-state index in [1.807, 2.05) is 48.5 Å². The maximum Gasteiger partial charge on any atom is 0.258 e. The highest BCUT2D eigenvalue weighted by Gasteiger charge is 2.28. The minimum atomic E-state index is -1.32. The van der Waals surface area contributed by atoms with Gasteiger partial charge in [-0.25, -0.2) is 0 Å². The molecular weight excluding hydrogens is 354 g/mol. The molecule has 1 aromatic heterocycles. The van der Waals surface area contributed by atoms with Crippen LogP contribution in [0.15, 0.2) is 59.0 Å². The number of amides is 1. The second kappa shape index (κ2) is 7.68. The number of rotatable bonds is 6. The molecule has 2 aromatic carbocycles. The monoisotopic (exact) mass is 381 g/mol. The van der Waals surface area contributed by atoms with E-state index < -0.39 is 5.60 Å². The molecule has 3 rings (SSSR count). The van der Waals surface area contributed by atoms with Crippen LogP contribution in [0.3, 0.4) is 0 Å². The van der Waals surface area contributed by atoms with Crippen molar-refractivity contribution in [1.29, 1.82) is 0 Å². The molecule has 0 aliphatic rings. The Kier molecular flexibility index (Phi) is 5.47. The van der Waals surface area contributed by atoms with Gasteiger partial charge in [-0.05, 0) is 42.2 Å². The van der Waals surface area contributed by atoms with Gasteiger partial charge in [-0.1, -0.05) is 51.1 Å². The summed E-state index contributed by atoms with van der Waals surface area (Å²) < 4.78 is 11.2. The Labute approximate surface area is 165 Å². The van der Waals surface area contributed by atoms with Gasteiger partial charge < -0.3 is 19.6 Å². The number of para-hydroxylation sites is 1. The Hall–Kier alpha value is -2.79. The molecule has 5 heteroatoms. The minimum absolute atomic E-state index is 0.0258. The van der Waals surface area contributed by atoms with E-state index in [2.05, 4.69) is 26.1 Å². The molecule has 1 heterocycles. The van der Waals surface area contributed by atoms with Gasteiger partial charge in [0.2, 0.25) is 0 Å². The summed E-state index contributed by atoms with van der Waals surface area (Å²) in [4.78, 5) is 12.1. The summed E-state index contributed by atoms with van der Waals surface area (Å²) in [6.07, 6.45) is 0. The maximum atomic E-state index is 12.1. The summed E-state index contributed by atoms with van der Waals surface area (Å²) in [5, 5.41) is 14.3. The van der Waals surface area contributed by atoms with E-state index in [0.29, 0.717) is 17.1 Å². The van der Waals surface area contributed by atoms with Crippen molar-refractivity contribution < 1.29 is 19.1 Å². The minimum Gasteiger partial charge on any atom is -0.484 e. The van der Waals surface area contributed by atoms with Crippen molar-refractivity contribution in [3.63, 3.8) is 0 Å². The number of fused-ring (bicyclic) bond motifs is 1. The Bertz CT molecular complexity index is 916. The Morgan fingerprint density at radius 1 is 1.07 bits per heavy atom. The predicted octanol–water partition coefficient (Wildman–Crippen LogP) is 4.13. The number of ether oxygens (including phenoxy) is 1. The average molecular weight is 381 g/mol. The van der Waals surface area contributed by atoms with Crippen molar-refractivity contribution >= 4 is 16.9 Å². The smallest absolute Gasteiger partial charge is 0.258 e. The molecule has 0 saturated carbocycles. The molecule has 0 aliphatic heterocycles. The first-order valence-electron chi connectivity index (χ1n) is 9.37. The summed E-state index contributed by atoms with van der Waals surface area (Å²) in [5.74, 6) is 0.733. The van der Waals surface area contributed by atoms with Crippen LogP contribution in [0.4, 0.5) is 0 Å². The van der Waals surface area contributed by atoms with Crippen molar-refractivity contribution in [2.24, 2.45) is 0 Å². The Morgan fingerprint density at radius 2 is 1.75 bits per heavy atom. The summed E-state index contributed by atoms with van der Waals surface area (Å²) in [7, 11) is 0. The number of carbonyl (C=O) groups excluding carboxylic acids is 1. The topological polar surface area (TPSA) is 71.7 Å². The van der Waals surface area contributed by atoms with Gasteiger partial charge in [0.1, 0.15) is 22.7 Å². The third kappa shape index (κ3) is 4.73. The molecule has 0 bridgehead atoms. The van der Waals surface area contributed by atoms with Gasteiger partial charge in [0, 0.05) is 5.39 Å². The Balaban J connectivity index is 1.53. The predicted molar refractivity (Wildman–Crippen MR) is 109 cm³/mol. The lowest BCUT2D eigenvalue weighted by molar-refractivity contribution is -0.124. The number of hydrogen-bond acceptors (Lipinski definition) is 4. The highest BCUT2D eigenvalue weighted by Crippen LogP contribution is 2.27. The third-order valence-corrected chi connectivity index (χ3v) is 4.68. The van der Waals surface area contributed by atoms with Gasteiger partial charge in [0.05, 0.1) is 6.54 Å². The zero-order chi connectivity index (χ0) is 20.4. The molecule has 1 amide bonds. The Morgan fingerprint density at radius 3 is 2.39 bits per heavy atom. The van der Waals surface area contributed by atoms with Crippen molar-refractivity contribution in [2.75, 3.05) is 13.2 Å². The van der Waals surface area contributed by atoms with Crippen molar-refractivity contribution in [3.8, 4) is 5.75 Å². The fraction of sp³-hybridized carbons (Fsp3) is 0.348. The van der Waals surface area contributed by atoms with Crippen LogP contribution in [0, 0.1) is 0 Å². The lowest BCUT2D eigenvalue weighted by atomic mass is 9.87. The number of carbonyl (C=O) groups is 1. The quantitative estimate of drug-likeness (QED) is 0.673. The molecule has 28 heavy (non-hydrogen) atoms. The van der Waals surface area contributed by atoms with Crippen LogP contribution in [0.2, 0.25) is 0 Å². The van der Waals surface area contributed by atoms with Crippen LogP contribution in [0.1, 0.15) is 39.0 Å². The van der Waals surface area contributed by atoms with Gasteiger partial charge in [-0.15, -0.1) is 0 Å². The second-order valence-corrected chi connectivity index (χ2v) is 8.26. The molecule has 1 atom stereocenters. The standard InChI is InChI=1S/C23H27NO4/c1-22(2,3)17-9-11-18(12-10-17)27-14-21(25)24-15-23(4,26)20-13-16-7-5-6-8-19(16)28-20/h5-13,26H,14-15H2,1-4H3,(H,24,25). The summed E-state index contributed by atoms with van der Waals surface area (Å²) in [6.45, 7) is 7.94. The van der Waals surface area contributed by atoms with E-state index in [4.69, 9.17) is 9.15 Å². The zero-order valence-corrected chi connectivity index (χ0v) is 16.8. The third-order valence-electron chi connectivity index (χ3n) is 4.68. The van der Waals surface area contributed by atoms with Crippen LogP contribution in [0.5, 0.6) is 5.75 Å². The number of benzene rings is 2. The second-order valence-electron chi connectivity index (χ2n) is 8.26. The molecule has 1 unspecified atom stereocenters. The molecule has 0 radical (unpaired) electrons. The molecule has 2 N–H and O–H groups in total. The molecule has 5 nitrogen and oxygen atoms in total. The van der Waals surface area contributed by atoms with Gasteiger partial charge >= 0.3 is 0 Å². The fourth-order valence-electron chi connectivity index (χ4n) is 2.86. The van der Waals surface area contributed by atoms with E-state index in [0.717, 1.165) is 5.39 Å². The van der Waals surface area contributed by atoms with Crippen LogP contribution < -0.4 is 10.1 Å². The number of aliphatic hydroxyl groups is 1. The van der Waals surface area contributed by atoms with Crippen LogP contribution >= 0.6 is 0 Å². The van der Waals surface area contributed by atoms with Crippen LogP contribution in [-0.2, 0) is 15.8 Å². The lowest BCUT2D eigenvalue weighted by Gasteiger charge is -2.21. The first kappa shape index (κ1) is 20.0. The van der Waals surface area contributed by atoms with Gasteiger partial charge in [-0.2, -0.15) is 0 Å². The van der Waals surface area contributed by atoms with E-state index in [-0.39, 0.29) is 24.5 Å². The number of nitrogens with one attached hydrogen (secondary N) is 1. The van der Waals surface area contributed by atoms with Crippen LogP contribution in [0.25, 0.3) is 11.0 Å². The number of hydrogen-bond donors (Lipinski definition) is 2. The summed E-state index contributed by atoms with van der Waals surface area (Å²) >= 11 is 0. The highest BCUT2D eigenvalue weighted by molar-refractivity contribution is 5.78. The first-order chi connectivity index (χ1) is 13.1.